The number of hydrogen-bond donors (Lipinski definition) is 1. The van der Waals surface area contributed by atoms with Crippen LogP contribution in [0.5, 0.6) is 0 Å². The standard InChI is InChI=1S/C26H30N4O4S/c1-4-23(26(32)27-21-9-7-8-18(2)16-21)30-25(31)13-12-22(28-30)20-11-10-19(3)24(17-20)35(33,34)29-14-5-6-15-29/h7-13,16-17,23H,4-6,14-15H2,1-3H3,(H,27,32)/t23-/m1/s1. The van der Waals surface area contributed by atoms with Crippen LogP contribution in [0.3, 0.4) is 0 Å². The van der Waals surface area contributed by atoms with Gasteiger partial charge in [0.15, 0.2) is 0 Å². The highest BCUT2D eigenvalue weighted by atomic mass is 32.2. The van der Waals surface area contributed by atoms with Crippen LogP contribution in [0.4, 0.5) is 5.69 Å². The smallest absolute Gasteiger partial charge is 0.267 e. The van der Waals surface area contributed by atoms with E-state index in [2.05, 4.69) is 10.4 Å². The Labute approximate surface area is 205 Å². The van der Waals surface area contributed by atoms with Gasteiger partial charge >= 0.3 is 0 Å². The number of sulfonamides is 1. The number of anilines is 1. The van der Waals surface area contributed by atoms with E-state index in [1.807, 2.05) is 32.0 Å². The molecule has 4 rings (SSSR count). The number of benzene rings is 2. The van der Waals surface area contributed by atoms with Gasteiger partial charge in [-0.3, -0.25) is 9.59 Å². The van der Waals surface area contributed by atoms with E-state index in [0.717, 1.165) is 18.4 Å². The van der Waals surface area contributed by atoms with E-state index in [1.165, 1.54) is 15.1 Å². The lowest BCUT2D eigenvalue weighted by Crippen LogP contribution is -2.34. The SMILES string of the molecule is CC[C@H](C(=O)Nc1cccc(C)c1)n1nc(-c2ccc(C)c(S(=O)(=O)N3CCCC3)c2)ccc1=O. The lowest BCUT2D eigenvalue weighted by molar-refractivity contribution is -0.119. The van der Waals surface area contributed by atoms with Crippen LogP contribution in [0.25, 0.3) is 11.3 Å². The maximum absolute atomic E-state index is 13.2. The molecule has 0 saturated carbocycles. The summed E-state index contributed by atoms with van der Waals surface area (Å²) in [7, 11) is -3.62. The summed E-state index contributed by atoms with van der Waals surface area (Å²) < 4.78 is 29.1. The molecule has 2 aromatic carbocycles. The molecule has 184 valence electrons. The highest BCUT2D eigenvalue weighted by Crippen LogP contribution is 2.28. The van der Waals surface area contributed by atoms with Crippen molar-refractivity contribution >= 4 is 21.6 Å². The number of amides is 1. The molecular weight excluding hydrogens is 464 g/mol. The number of rotatable bonds is 7. The van der Waals surface area contributed by atoms with Crippen LogP contribution < -0.4 is 10.9 Å². The van der Waals surface area contributed by atoms with Crippen molar-refractivity contribution in [2.24, 2.45) is 0 Å². The van der Waals surface area contributed by atoms with E-state index >= 15 is 0 Å². The van der Waals surface area contributed by atoms with Gasteiger partial charge in [-0.2, -0.15) is 9.40 Å². The van der Waals surface area contributed by atoms with Gasteiger partial charge in [-0.25, -0.2) is 13.1 Å². The molecular formula is C26H30N4O4S. The Morgan fingerprint density at radius 3 is 2.49 bits per heavy atom. The Balaban J connectivity index is 1.68. The number of nitrogens with zero attached hydrogens (tertiary/aromatic N) is 3. The average molecular weight is 495 g/mol. The van der Waals surface area contributed by atoms with Crippen molar-refractivity contribution in [2.75, 3.05) is 18.4 Å². The molecule has 8 nitrogen and oxygen atoms in total. The van der Waals surface area contributed by atoms with Crippen molar-refractivity contribution < 1.29 is 13.2 Å². The zero-order valence-corrected chi connectivity index (χ0v) is 21.0. The Hall–Kier alpha value is -3.30. The van der Waals surface area contributed by atoms with E-state index in [4.69, 9.17) is 0 Å². The summed E-state index contributed by atoms with van der Waals surface area (Å²) in [5.74, 6) is -0.342. The molecule has 0 radical (unpaired) electrons. The third-order valence-electron chi connectivity index (χ3n) is 6.26. The monoisotopic (exact) mass is 494 g/mol. The van der Waals surface area contributed by atoms with Gasteiger partial charge in [0.05, 0.1) is 10.6 Å². The molecule has 35 heavy (non-hydrogen) atoms. The first-order valence-corrected chi connectivity index (χ1v) is 13.2. The zero-order valence-electron chi connectivity index (χ0n) is 20.2. The van der Waals surface area contributed by atoms with Crippen LogP contribution in [0.1, 0.15) is 43.4 Å². The first-order chi connectivity index (χ1) is 16.7. The van der Waals surface area contributed by atoms with Gasteiger partial charge in [-0.05, 0) is 68.5 Å². The lowest BCUT2D eigenvalue weighted by atomic mass is 10.1. The summed E-state index contributed by atoms with van der Waals surface area (Å²) in [6.45, 7) is 6.55. The third-order valence-corrected chi connectivity index (χ3v) is 8.30. The number of carbonyl (C=O) groups excluding carboxylic acids is 1. The molecule has 1 aromatic heterocycles. The van der Waals surface area contributed by atoms with Crippen LogP contribution in [-0.4, -0.2) is 41.5 Å². The molecule has 1 aliphatic heterocycles. The van der Waals surface area contributed by atoms with Gasteiger partial charge in [0.25, 0.3) is 5.56 Å². The fraction of sp³-hybridized carbons (Fsp3) is 0.346. The number of nitrogens with one attached hydrogen (secondary N) is 1. The number of hydrogen-bond acceptors (Lipinski definition) is 5. The largest absolute Gasteiger partial charge is 0.324 e. The molecule has 1 fully saturated rings. The molecule has 1 saturated heterocycles. The van der Waals surface area contributed by atoms with E-state index in [0.29, 0.717) is 42.0 Å². The van der Waals surface area contributed by atoms with Crippen LogP contribution in [0.2, 0.25) is 0 Å². The fourth-order valence-corrected chi connectivity index (χ4v) is 6.09. The second-order valence-corrected chi connectivity index (χ2v) is 10.8. The summed E-state index contributed by atoms with van der Waals surface area (Å²) in [6, 6.07) is 14.7. The first kappa shape index (κ1) is 24.8. The average Bonchev–Trinajstić information content (AvgIpc) is 3.37. The molecule has 0 bridgehead atoms. The van der Waals surface area contributed by atoms with Crippen molar-refractivity contribution in [2.45, 2.75) is 51.0 Å². The predicted octanol–water partition coefficient (Wildman–Crippen LogP) is 3.90. The maximum Gasteiger partial charge on any atom is 0.267 e. The highest BCUT2D eigenvalue weighted by molar-refractivity contribution is 7.89. The predicted molar refractivity (Wildman–Crippen MR) is 136 cm³/mol. The quantitative estimate of drug-likeness (QED) is 0.537. The second-order valence-electron chi connectivity index (χ2n) is 8.88. The minimum Gasteiger partial charge on any atom is -0.324 e. The fourth-order valence-electron chi connectivity index (χ4n) is 4.33. The minimum absolute atomic E-state index is 0.237. The molecule has 3 aromatic rings. The number of aromatic nitrogens is 2. The maximum atomic E-state index is 13.2. The van der Waals surface area contributed by atoms with Crippen molar-refractivity contribution in [1.82, 2.24) is 14.1 Å². The van der Waals surface area contributed by atoms with Crippen molar-refractivity contribution in [3.63, 3.8) is 0 Å². The van der Waals surface area contributed by atoms with Gasteiger partial charge in [0.2, 0.25) is 15.9 Å². The van der Waals surface area contributed by atoms with Gasteiger partial charge < -0.3 is 5.32 Å². The number of carbonyl (C=O) groups is 1. The molecule has 2 heterocycles. The van der Waals surface area contributed by atoms with Gasteiger partial charge in [-0.15, -0.1) is 0 Å². The van der Waals surface area contributed by atoms with Crippen molar-refractivity contribution in [1.29, 1.82) is 0 Å². The van der Waals surface area contributed by atoms with Crippen molar-refractivity contribution in [3.8, 4) is 11.3 Å². The Morgan fingerprint density at radius 1 is 1.06 bits per heavy atom. The lowest BCUT2D eigenvalue weighted by Gasteiger charge is -2.19. The summed E-state index contributed by atoms with van der Waals surface area (Å²) in [4.78, 5) is 26.0. The van der Waals surface area contributed by atoms with Crippen LogP contribution in [0.15, 0.2) is 64.3 Å². The zero-order chi connectivity index (χ0) is 25.2. The Morgan fingerprint density at radius 2 is 1.80 bits per heavy atom. The van der Waals surface area contributed by atoms with Gasteiger partial charge in [0, 0.05) is 30.4 Å². The summed E-state index contributed by atoms with van der Waals surface area (Å²) in [5.41, 5.74) is 2.88. The second kappa shape index (κ2) is 10.1. The van der Waals surface area contributed by atoms with E-state index in [9.17, 15) is 18.0 Å². The first-order valence-electron chi connectivity index (χ1n) is 11.8. The molecule has 0 spiro atoms. The molecule has 0 unspecified atom stereocenters. The Bertz CT molecular complexity index is 1410. The van der Waals surface area contributed by atoms with E-state index < -0.39 is 21.6 Å². The highest BCUT2D eigenvalue weighted by Gasteiger charge is 2.29. The topological polar surface area (TPSA) is 101 Å². The Kier molecular flexibility index (Phi) is 7.18. The van der Waals surface area contributed by atoms with Crippen LogP contribution in [0, 0.1) is 13.8 Å². The third kappa shape index (κ3) is 5.21. The van der Waals surface area contributed by atoms with Crippen molar-refractivity contribution in [3.05, 3.63) is 76.1 Å². The van der Waals surface area contributed by atoms with Gasteiger partial charge in [0.1, 0.15) is 6.04 Å². The molecule has 9 heteroatoms. The van der Waals surface area contributed by atoms with E-state index in [1.54, 1.807) is 37.3 Å². The van der Waals surface area contributed by atoms with Crippen LogP contribution >= 0.6 is 0 Å². The molecule has 1 N–H and O–H groups in total. The minimum atomic E-state index is -3.62. The number of aryl methyl sites for hydroxylation is 2. The summed E-state index contributed by atoms with van der Waals surface area (Å²) >= 11 is 0. The van der Waals surface area contributed by atoms with Crippen LogP contribution in [-0.2, 0) is 14.8 Å². The molecule has 1 atom stereocenters. The van der Waals surface area contributed by atoms with E-state index in [-0.39, 0.29) is 10.8 Å². The summed E-state index contributed by atoms with van der Waals surface area (Å²) in [5, 5.41) is 7.34. The summed E-state index contributed by atoms with van der Waals surface area (Å²) in [6.07, 6.45) is 2.07. The normalized spacial score (nSPS) is 15.2. The van der Waals surface area contributed by atoms with Gasteiger partial charge in [-0.1, -0.05) is 31.2 Å². The molecule has 1 amide bonds. The molecule has 1 aliphatic rings. The molecule has 0 aliphatic carbocycles.